The highest BCUT2D eigenvalue weighted by atomic mass is 79.9. The fourth-order valence-corrected chi connectivity index (χ4v) is 2.11. The molecule has 1 saturated heterocycles. The molecule has 1 aromatic heterocycles. The van der Waals surface area contributed by atoms with Crippen LogP contribution in [0, 0.1) is 5.92 Å². The van der Waals surface area contributed by atoms with E-state index in [9.17, 15) is 4.79 Å². The van der Waals surface area contributed by atoms with Crippen molar-refractivity contribution < 1.29 is 4.79 Å². The van der Waals surface area contributed by atoms with Crippen LogP contribution in [0.5, 0.6) is 0 Å². The molecule has 0 N–H and O–H groups in total. The average molecular weight is 283 g/mol. The molecule has 2 heterocycles. The zero-order valence-electron chi connectivity index (χ0n) is 9.32. The van der Waals surface area contributed by atoms with Crippen molar-refractivity contribution in [3.63, 3.8) is 0 Å². The Morgan fingerprint density at radius 2 is 2.12 bits per heavy atom. The third-order valence-corrected chi connectivity index (χ3v) is 3.49. The normalized spacial score (nSPS) is 17.5. The third kappa shape index (κ3) is 2.61. The number of likely N-dealkylation sites (tertiary alicyclic amines) is 1. The van der Waals surface area contributed by atoms with Crippen LogP contribution in [0.1, 0.15) is 30.3 Å². The number of nitrogens with zero attached hydrogens (tertiary/aromatic N) is 2. The summed E-state index contributed by atoms with van der Waals surface area (Å²) in [7, 11) is 0. The lowest BCUT2D eigenvalue weighted by molar-refractivity contribution is 0.0691. The van der Waals surface area contributed by atoms with Crippen molar-refractivity contribution in [1.82, 2.24) is 9.88 Å². The van der Waals surface area contributed by atoms with Crippen LogP contribution >= 0.6 is 15.9 Å². The molecule has 0 atom stereocenters. The highest BCUT2D eigenvalue weighted by Gasteiger charge is 2.21. The highest BCUT2D eigenvalue weighted by Crippen LogP contribution is 2.18. The van der Waals surface area contributed by atoms with Crippen molar-refractivity contribution in [3.05, 3.63) is 28.5 Å². The molecule has 0 bridgehead atoms. The van der Waals surface area contributed by atoms with Crippen molar-refractivity contribution in [3.8, 4) is 0 Å². The average Bonchev–Trinajstić information content (AvgIpc) is 2.30. The molecule has 1 aliphatic rings. The van der Waals surface area contributed by atoms with Gasteiger partial charge in [0.15, 0.2) is 0 Å². The van der Waals surface area contributed by atoms with Crippen molar-refractivity contribution in [2.75, 3.05) is 13.1 Å². The fourth-order valence-electron chi connectivity index (χ4n) is 1.88. The second-order valence-corrected chi connectivity index (χ2v) is 5.25. The maximum atomic E-state index is 12.1. The van der Waals surface area contributed by atoms with Gasteiger partial charge in [0, 0.05) is 23.8 Å². The predicted octanol–water partition coefficient (Wildman–Crippen LogP) is 2.72. The van der Waals surface area contributed by atoms with Crippen LogP contribution in [0.4, 0.5) is 0 Å². The maximum Gasteiger partial charge on any atom is 0.272 e. The number of hydrogen-bond acceptors (Lipinski definition) is 2. The molecule has 0 unspecified atom stereocenters. The Morgan fingerprint density at radius 1 is 1.44 bits per heavy atom. The Balaban J connectivity index is 2.05. The van der Waals surface area contributed by atoms with Crippen LogP contribution < -0.4 is 0 Å². The van der Waals surface area contributed by atoms with Crippen LogP contribution in [-0.2, 0) is 0 Å². The Morgan fingerprint density at radius 3 is 2.69 bits per heavy atom. The van der Waals surface area contributed by atoms with Crippen molar-refractivity contribution in [2.24, 2.45) is 5.92 Å². The monoisotopic (exact) mass is 282 g/mol. The lowest BCUT2D eigenvalue weighted by Gasteiger charge is -2.29. The lowest BCUT2D eigenvalue weighted by Crippen LogP contribution is -2.38. The number of amides is 1. The lowest BCUT2D eigenvalue weighted by atomic mass is 9.99. The first-order valence-corrected chi connectivity index (χ1v) is 6.37. The summed E-state index contributed by atoms with van der Waals surface area (Å²) in [6.07, 6.45) is 3.87. The molecule has 0 aliphatic carbocycles. The molecule has 1 aliphatic heterocycles. The van der Waals surface area contributed by atoms with Crippen molar-refractivity contribution in [2.45, 2.75) is 19.8 Å². The molecule has 2 rings (SSSR count). The van der Waals surface area contributed by atoms with Crippen LogP contribution in [0.3, 0.4) is 0 Å². The zero-order chi connectivity index (χ0) is 11.5. The quantitative estimate of drug-likeness (QED) is 0.794. The van der Waals surface area contributed by atoms with E-state index in [2.05, 4.69) is 27.8 Å². The van der Waals surface area contributed by atoms with Gasteiger partial charge in [-0.15, -0.1) is 0 Å². The Hall–Kier alpha value is -0.900. The van der Waals surface area contributed by atoms with E-state index in [1.165, 1.54) is 0 Å². The molecule has 0 saturated carbocycles. The molecule has 0 radical (unpaired) electrons. The number of halogens is 1. The fraction of sp³-hybridized carbons (Fsp3) is 0.500. The standard InChI is InChI=1S/C12H15BrN2O/c1-9-4-6-15(7-5-9)12(16)11-3-2-10(13)8-14-11/h2-3,8-9H,4-7H2,1H3. The minimum atomic E-state index is 0.0550. The highest BCUT2D eigenvalue weighted by molar-refractivity contribution is 9.10. The summed E-state index contributed by atoms with van der Waals surface area (Å²) >= 11 is 3.31. The largest absolute Gasteiger partial charge is 0.337 e. The van der Waals surface area contributed by atoms with E-state index in [1.807, 2.05) is 11.0 Å². The summed E-state index contributed by atoms with van der Waals surface area (Å²) in [5.74, 6) is 0.793. The van der Waals surface area contributed by atoms with Crippen molar-refractivity contribution >= 4 is 21.8 Å². The molecule has 16 heavy (non-hydrogen) atoms. The summed E-state index contributed by atoms with van der Waals surface area (Å²) in [4.78, 5) is 18.1. The summed E-state index contributed by atoms with van der Waals surface area (Å²) in [5.41, 5.74) is 0.540. The summed E-state index contributed by atoms with van der Waals surface area (Å²) in [6, 6.07) is 3.62. The smallest absolute Gasteiger partial charge is 0.272 e. The van der Waals surface area contributed by atoms with E-state index in [0.717, 1.165) is 36.3 Å². The predicted molar refractivity (Wildman–Crippen MR) is 66.2 cm³/mol. The van der Waals surface area contributed by atoms with Crippen LogP contribution in [-0.4, -0.2) is 28.9 Å². The van der Waals surface area contributed by atoms with Gasteiger partial charge in [-0.05, 0) is 46.8 Å². The minimum absolute atomic E-state index is 0.0550. The van der Waals surface area contributed by atoms with Gasteiger partial charge in [0.05, 0.1) is 0 Å². The number of rotatable bonds is 1. The first-order chi connectivity index (χ1) is 7.66. The Bertz CT molecular complexity index is 369. The number of piperidine rings is 1. The number of aromatic nitrogens is 1. The van der Waals surface area contributed by atoms with Crippen LogP contribution in [0.15, 0.2) is 22.8 Å². The SMILES string of the molecule is CC1CCN(C(=O)c2ccc(Br)cn2)CC1. The van der Waals surface area contributed by atoms with Gasteiger partial charge in [-0.25, -0.2) is 4.98 Å². The van der Waals surface area contributed by atoms with Gasteiger partial charge in [-0.3, -0.25) is 4.79 Å². The summed E-state index contributed by atoms with van der Waals surface area (Å²) in [5, 5.41) is 0. The number of hydrogen-bond donors (Lipinski definition) is 0. The maximum absolute atomic E-state index is 12.1. The molecule has 1 aromatic rings. The van der Waals surface area contributed by atoms with Gasteiger partial charge in [-0.1, -0.05) is 6.92 Å². The Kier molecular flexibility index (Phi) is 3.59. The number of pyridine rings is 1. The third-order valence-electron chi connectivity index (χ3n) is 3.02. The first kappa shape index (κ1) is 11.6. The molecule has 0 aromatic carbocycles. The molecule has 3 nitrogen and oxygen atoms in total. The van der Waals surface area contributed by atoms with Gasteiger partial charge < -0.3 is 4.90 Å². The van der Waals surface area contributed by atoms with Gasteiger partial charge in [0.2, 0.25) is 0 Å². The van der Waals surface area contributed by atoms with Crippen LogP contribution in [0.25, 0.3) is 0 Å². The van der Waals surface area contributed by atoms with Gasteiger partial charge in [0.1, 0.15) is 5.69 Å². The molecular formula is C12H15BrN2O. The van der Waals surface area contributed by atoms with E-state index in [4.69, 9.17) is 0 Å². The summed E-state index contributed by atoms with van der Waals surface area (Å²) in [6.45, 7) is 3.95. The first-order valence-electron chi connectivity index (χ1n) is 5.57. The molecular weight excluding hydrogens is 268 g/mol. The van der Waals surface area contributed by atoms with E-state index in [1.54, 1.807) is 12.3 Å². The van der Waals surface area contributed by atoms with Gasteiger partial charge >= 0.3 is 0 Å². The minimum Gasteiger partial charge on any atom is -0.337 e. The number of carbonyl (C=O) groups is 1. The second kappa shape index (κ2) is 4.95. The molecule has 1 fully saturated rings. The molecule has 0 spiro atoms. The van der Waals surface area contributed by atoms with E-state index in [-0.39, 0.29) is 5.91 Å². The van der Waals surface area contributed by atoms with Crippen LogP contribution in [0.2, 0.25) is 0 Å². The van der Waals surface area contributed by atoms with E-state index < -0.39 is 0 Å². The molecule has 4 heteroatoms. The molecule has 1 amide bonds. The Labute approximate surface area is 104 Å². The van der Waals surface area contributed by atoms with Gasteiger partial charge in [-0.2, -0.15) is 0 Å². The van der Waals surface area contributed by atoms with E-state index in [0.29, 0.717) is 5.69 Å². The van der Waals surface area contributed by atoms with Gasteiger partial charge in [0.25, 0.3) is 5.91 Å². The molecule has 86 valence electrons. The van der Waals surface area contributed by atoms with Crippen molar-refractivity contribution in [1.29, 1.82) is 0 Å². The topological polar surface area (TPSA) is 33.2 Å². The zero-order valence-corrected chi connectivity index (χ0v) is 10.9. The summed E-state index contributed by atoms with van der Waals surface area (Å²) < 4.78 is 0.899. The second-order valence-electron chi connectivity index (χ2n) is 4.34. The number of carbonyl (C=O) groups excluding carboxylic acids is 1. The van der Waals surface area contributed by atoms with E-state index >= 15 is 0 Å².